The van der Waals surface area contributed by atoms with Crippen LogP contribution in [0.3, 0.4) is 0 Å². The van der Waals surface area contributed by atoms with E-state index in [0.29, 0.717) is 5.92 Å². The smallest absolute Gasteiger partial charge is 0.120 e. The van der Waals surface area contributed by atoms with Crippen LogP contribution in [-0.2, 0) is 0 Å². The average Bonchev–Trinajstić information content (AvgIpc) is 2.96. The number of aliphatic imine (C=N–C) groups is 1. The van der Waals surface area contributed by atoms with Crippen LogP contribution in [0.25, 0.3) is 0 Å². The Labute approximate surface area is 91.5 Å². The lowest BCUT2D eigenvalue weighted by Crippen LogP contribution is -2.50. The quantitative estimate of drug-likeness (QED) is 0.635. The number of hydrogen-bond acceptors (Lipinski definition) is 3. The number of fused-ring (bicyclic) bond motifs is 1. The molecular weight excluding hydrogens is 186 g/mol. The molecule has 1 saturated heterocycles. The van der Waals surface area contributed by atoms with E-state index in [-0.39, 0.29) is 5.66 Å². The molecule has 2 heterocycles. The van der Waals surface area contributed by atoms with E-state index in [4.69, 9.17) is 4.99 Å². The molecule has 3 nitrogen and oxygen atoms in total. The fourth-order valence-corrected chi connectivity index (χ4v) is 2.93. The Morgan fingerprint density at radius 1 is 1.33 bits per heavy atom. The summed E-state index contributed by atoms with van der Waals surface area (Å²) in [5, 5.41) is 0. The summed E-state index contributed by atoms with van der Waals surface area (Å²) >= 11 is 0. The molecule has 2 atom stereocenters. The van der Waals surface area contributed by atoms with E-state index in [2.05, 4.69) is 29.8 Å². The lowest BCUT2D eigenvalue weighted by molar-refractivity contribution is 0.0966. The first-order chi connectivity index (χ1) is 7.22. The molecule has 2 unspecified atom stereocenters. The number of dihydropyridines is 1. The molecule has 3 heteroatoms. The van der Waals surface area contributed by atoms with Crippen LogP contribution in [-0.4, -0.2) is 54.9 Å². The van der Waals surface area contributed by atoms with Gasteiger partial charge in [0.1, 0.15) is 5.66 Å². The third kappa shape index (κ3) is 1.37. The summed E-state index contributed by atoms with van der Waals surface area (Å²) in [6.45, 7) is 6.97. The molecule has 3 aliphatic rings. The van der Waals surface area contributed by atoms with Crippen molar-refractivity contribution < 1.29 is 0 Å². The Balaban J connectivity index is 1.75. The fraction of sp³-hybridized carbons (Fsp3) is 0.750. The van der Waals surface area contributed by atoms with Gasteiger partial charge in [-0.05, 0) is 26.5 Å². The van der Waals surface area contributed by atoms with Crippen LogP contribution in [0.4, 0.5) is 0 Å². The molecule has 0 aromatic heterocycles. The highest BCUT2D eigenvalue weighted by Crippen LogP contribution is 2.54. The summed E-state index contributed by atoms with van der Waals surface area (Å²) in [6, 6.07) is 0. The summed E-state index contributed by atoms with van der Waals surface area (Å²) in [7, 11) is 2.20. The van der Waals surface area contributed by atoms with Gasteiger partial charge in [-0.15, -0.1) is 0 Å². The highest BCUT2D eigenvalue weighted by Gasteiger charge is 2.59. The molecule has 2 fully saturated rings. The number of piperazine rings is 1. The molecule has 1 saturated carbocycles. The topological polar surface area (TPSA) is 18.8 Å². The van der Waals surface area contributed by atoms with Crippen LogP contribution in [0, 0.1) is 5.92 Å². The van der Waals surface area contributed by atoms with Crippen LogP contribution < -0.4 is 0 Å². The predicted molar refractivity (Wildman–Crippen MR) is 62.2 cm³/mol. The van der Waals surface area contributed by atoms with E-state index in [9.17, 15) is 0 Å². The van der Waals surface area contributed by atoms with Crippen molar-refractivity contribution in [1.29, 1.82) is 0 Å². The maximum atomic E-state index is 4.74. The minimum Gasteiger partial charge on any atom is -0.304 e. The van der Waals surface area contributed by atoms with Crippen molar-refractivity contribution in [3.63, 3.8) is 0 Å². The molecule has 1 aliphatic carbocycles. The van der Waals surface area contributed by atoms with Gasteiger partial charge in [0.2, 0.25) is 0 Å². The fourth-order valence-electron chi connectivity index (χ4n) is 2.93. The van der Waals surface area contributed by atoms with Crippen LogP contribution >= 0.6 is 0 Å². The molecule has 0 aromatic rings. The molecular formula is C12H19N3. The Hall–Kier alpha value is -0.670. The Morgan fingerprint density at radius 2 is 2.07 bits per heavy atom. The number of hydrogen-bond donors (Lipinski definition) is 0. The number of likely N-dealkylation sites (N-methyl/N-ethyl adjacent to an activating group) is 1. The molecule has 0 spiro atoms. The minimum absolute atomic E-state index is 0.181. The molecule has 0 radical (unpaired) electrons. The van der Waals surface area contributed by atoms with Crippen molar-refractivity contribution in [2.45, 2.75) is 19.0 Å². The van der Waals surface area contributed by atoms with Gasteiger partial charge in [-0.1, -0.05) is 5.57 Å². The summed E-state index contributed by atoms with van der Waals surface area (Å²) < 4.78 is 0. The molecule has 2 aliphatic heterocycles. The summed E-state index contributed by atoms with van der Waals surface area (Å²) in [4.78, 5) is 9.73. The molecule has 0 aromatic carbocycles. The van der Waals surface area contributed by atoms with Gasteiger partial charge in [0.05, 0.1) is 0 Å². The number of rotatable bonds is 1. The standard InChI is InChI=1S/C12H19N3/c1-10-3-4-13-12(9-11(10)12)15-7-5-14(2)6-8-15/h3-4,11H,5-9H2,1-2H3. The molecule has 3 rings (SSSR count). The lowest BCUT2D eigenvalue weighted by Gasteiger charge is -2.37. The third-order valence-electron chi connectivity index (χ3n) is 4.14. The van der Waals surface area contributed by atoms with Crippen LogP contribution in [0.15, 0.2) is 16.6 Å². The predicted octanol–water partition coefficient (Wildman–Crippen LogP) is 0.981. The van der Waals surface area contributed by atoms with Crippen molar-refractivity contribution >= 4 is 6.21 Å². The van der Waals surface area contributed by atoms with Gasteiger partial charge < -0.3 is 4.90 Å². The van der Waals surface area contributed by atoms with Gasteiger partial charge >= 0.3 is 0 Å². The van der Waals surface area contributed by atoms with Gasteiger partial charge in [0.25, 0.3) is 0 Å². The first kappa shape index (κ1) is 9.55. The first-order valence-electron chi connectivity index (χ1n) is 5.88. The van der Waals surface area contributed by atoms with E-state index in [1.165, 1.54) is 38.2 Å². The highest BCUT2D eigenvalue weighted by atomic mass is 15.4. The van der Waals surface area contributed by atoms with Crippen molar-refractivity contribution in [1.82, 2.24) is 9.80 Å². The van der Waals surface area contributed by atoms with Gasteiger partial charge in [-0.2, -0.15) is 0 Å². The molecule has 0 amide bonds. The van der Waals surface area contributed by atoms with E-state index in [1.807, 2.05) is 6.21 Å². The maximum Gasteiger partial charge on any atom is 0.120 e. The van der Waals surface area contributed by atoms with E-state index >= 15 is 0 Å². The van der Waals surface area contributed by atoms with Gasteiger partial charge in [-0.3, -0.25) is 9.89 Å². The molecule has 0 N–H and O–H groups in total. The SMILES string of the molecule is CC1=CC=NC2(N3CCN(C)CC3)CC12. The van der Waals surface area contributed by atoms with Gasteiger partial charge in [0.15, 0.2) is 0 Å². The summed E-state index contributed by atoms with van der Waals surface area (Å²) in [5.74, 6) is 0.714. The second-order valence-electron chi connectivity index (χ2n) is 5.11. The maximum absolute atomic E-state index is 4.74. The summed E-state index contributed by atoms with van der Waals surface area (Å²) in [6.07, 6.45) is 5.43. The van der Waals surface area contributed by atoms with Crippen molar-refractivity contribution in [3.8, 4) is 0 Å². The summed E-state index contributed by atoms with van der Waals surface area (Å²) in [5.41, 5.74) is 1.70. The zero-order valence-corrected chi connectivity index (χ0v) is 9.61. The average molecular weight is 205 g/mol. The zero-order valence-electron chi connectivity index (χ0n) is 9.61. The van der Waals surface area contributed by atoms with Crippen molar-refractivity contribution in [2.24, 2.45) is 10.9 Å². The number of allylic oxidation sites excluding steroid dienone is 1. The van der Waals surface area contributed by atoms with Crippen molar-refractivity contribution in [3.05, 3.63) is 11.6 Å². The Bertz CT molecular complexity index is 326. The Kier molecular flexibility index (Phi) is 2.01. The van der Waals surface area contributed by atoms with Crippen LogP contribution in [0.1, 0.15) is 13.3 Å². The van der Waals surface area contributed by atoms with Crippen molar-refractivity contribution in [2.75, 3.05) is 33.2 Å². The van der Waals surface area contributed by atoms with Crippen LogP contribution in [0.2, 0.25) is 0 Å². The van der Waals surface area contributed by atoms with E-state index in [1.54, 1.807) is 0 Å². The molecule has 15 heavy (non-hydrogen) atoms. The zero-order chi connectivity index (χ0) is 10.5. The Morgan fingerprint density at radius 3 is 2.80 bits per heavy atom. The lowest BCUT2D eigenvalue weighted by atomic mass is 10.1. The second kappa shape index (κ2) is 3.16. The first-order valence-corrected chi connectivity index (χ1v) is 5.88. The van der Waals surface area contributed by atoms with Gasteiger partial charge in [0, 0.05) is 38.3 Å². The molecule has 0 bridgehead atoms. The van der Waals surface area contributed by atoms with E-state index in [0.717, 1.165) is 0 Å². The number of nitrogens with zero attached hydrogens (tertiary/aromatic N) is 3. The monoisotopic (exact) mass is 205 g/mol. The second-order valence-corrected chi connectivity index (χ2v) is 5.11. The van der Waals surface area contributed by atoms with E-state index < -0.39 is 0 Å². The largest absolute Gasteiger partial charge is 0.304 e. The normalized spacial score (nSPS) is 41.2. The highest BCUT2D eigenvalue weighted by molar-refractivity contribution is 5.75. The minimum atomic E-state index is 0.181. The third-order valence-corrected chi connectivity index (χ3v) is 4.14. The van der Waals surface area contributed by atoms with Crippen LogP contribution in [0.5, 0.6) is 0 Å². The van der Waals surface area contributed by atoms with Gasteiger partial charge in [-0.25, -0.2) is 0 Å². The molecule has 82 valence electrons.